The molecule has 0 saturated heterocycles. The monoisotopic (exact) mass is 412 g/mol. The predicted molar refractivity (Wildman–Crippen MR) is 103 cm³/mol. The van der Waals surface area contributed by atoms with Crippen molar-refractivity contribution in [1.29, 1.82) is 0 Å². The van der Waals surface area contributed by atoms with Gasteiger partial charge in [0.05, 0.1) is 10.5 Å². The van der Waals surface area contributed by atoms with Crippen LogP contribution in [0.2, 0.25) is 0 Å². The molecular formula is C20H23F3N2O2S. The molecule has 0 spiro atoms. The van der Waals surface area contributed by atoms with E-state index in [1.54, 1.807) is 6.07 Å². The Morgan fingerprint density at radius 1 is 1.07 bits per heavy atom. The Morgan fingerprint density at radius 2 is 1.79 bits per heavy atom. The first-order valence-corrected chi connectivity index (χ1v) is 10.7. The van der Waals surface area contributed by atoms with E-state index in [0.717, 1.165) is 62.1 Å². The number of halogens is 3. The molecule has 3 rings (SSSR count). The largest absolute Gasteiger partial charge is 0.416 e. The molecule has 152 valence electrons. The Balaban J connectivity index is 1.73. The molecule has 1 atom stereocenters. The molecule has 2 N–H and O–H groups in total. The van der Waals surface area contributed by atoms with Crippen molar-refractivity contribution in [2.75, 3.05) is 11.3 Å². The first-order chi connectivity index (χ1) is 13.2. The van der Waals surface area contributed by atoms with Gasteiger partial charge in [-0.2, -0.15) is 13.2 Å². The minimum atomic E-state index is -4.50. The van der Waals surface area contributed by atoms with Crippen LogP contribution in [-0.4, -0.2) is 21.0 Å². The number of anilines is 1. The number of nitrogens with one attached hydrogen (secondary N) is 2. The van der Waals surface area contributed by atoms with E-state index in [2.05, 4.69) is 17.0 Å². The summed E-state index contributed by atoms with van der Waals surface area (Å²) in [7, 11) is -3.95. The molecule has 1 aliphatic carbocycles. The van der Waals surface area contributed by atoms with Crippen LogP contribution in [-0.2, 0) is 29.0 Å². The van der Waals surface area contributed by atoms with Gasteiger partial charge < -0.3 is 5.32 Å². The molecule has 0 bridgehead atoms. The molecule has 0 unspecified atom stereocenters. The Hall–Kier alpha value is -2.06. The van der Waals surface area contributed by atoms with Crippen molar-refractivity contribution in [1.82, 2.24) is 5.32 Å². The highest BCUT2D eigenvalue weighted by Crippen LogP contribution is 2.30. The second kappa shape index (κ2) is 8.13. The molecule has 0 saturated carbocycles. The van der Waals surface area contributed by atoms with Gasteiger partial charge in [0.15, 0.2) is 0 Å². The minimum Gasteiger partial charge on any atom is -0.314 e. The predicted octanol–water partition coefficient (Wildman–Crippen LogP) is 4.36. The third-order valence-corrected chi connectivity index (χ3v) is 6.26. The van der Waals surface area contributed by atoms with Gasteiger partial charge in [-0.3, -0.25) is 4.72 Å². The highest BCUT2D eigenvalue weighted by molar-refractivity contribution is 7.92. The standard InChI is InChI=1S/C20H23F3N2O2S/c1-2-11-24-17-7-3-15-13-18(8-4-14(15)12-17)25-28(26,27)19-9-5-16(6-10-19)20(21,22)23/h4-6,8-10,13,17,24-25H,2-3,7,11-12H2,1H3/t17-/m0/s1. The molecular weight excluding hydrogens is 389 g/mol. The lowest BCUT2D eigenvalue weighted by Crippen LogP contribution is -2.35. The highest BCUT2D eigenvalue weighted by atomic mass is 32.2. The molecule has 0 radical (unpaired) electrons. The van der Waals surface area contributed by atoms with Gasteiger partial charge in [0.2, 0.25) is 0 Å². The van der Waals surface area contributed by atoms with E-state index in [4.69, 9.17) is 0 Å². The van der Waals surface area contributed by atoms with Gasteiger partial charge >= 0.3 is 6.18 Å². The fourth-order valence-corrected chi connectivity index (χ4v) is 4.43. The summed E-state index contributed by atoms with van der Waals surface area (Å²) >= 11 is 0. The fraction of sp³-hybridized carbons (Fsp3) is 0.400. The second-order valence-corrected chi connectivity index (χ2v) is 8.69. The zero-order valence-electron chi connectivity index (χ0n) is 15.5. The number of benzene rings is 2. The molecule has 28 heavy (non-hydrogen) atoms. The van der Waals surface area contributed by atoms with E-state index in [1.165, 1.54) is 5.56 Å². The smallest absolute Gasteiger partial charge is 0.314 e. The van der Waals surface area contributed by atoms with E-state index in [1.807, 2.05) is 12.1 Å². The van der Waals surface area contributed by atoms with Gasteiger partial charge in [0.1, 0.15) is 0 Å². The third kappa shape index (κ3) is 4.86. The van der Waals surface area contributed by atoms with Gasteiger partial charge in [-0.25, -0.2) is 8.42 Å². The summed E-state index contributed by atoms with van der Waals surface area (Å²) in [6.45, 7) is 3.10. The van der Waals surface area contributed by atoms with Gasteiger partial charge in [0.25, 0.3) is 10.0 Å². The van der Waals surface area contributed by atoms with Crippen molar-refractivity contribution in [3.8, 4) is 0 Å². The lowest BCUT2D eigenvalue weighted by molar-refractivity contribution is -0.137. The molecule has 1 aliphatic rings. The summed E-state index contributed by atoms with van der Waals surface area (Å²) in [6, 6.07) is 9.33. The van der Waals surface area contributed by atoms with Crippen molar-refractivity contribution < 1.29 is 21.6 Å². The van der Waals surface area contributed by atoms with Crippen LogP contribution in [0.3, 0.4) is 0 Å². The molecule has 0 fully saturated rings. The van der Waals surface area contributed by atoms with Crippen LogP contribution >= 0.6 is 0 Å². The highest BCUT2D eigenvalue weighted by Gasteiger charge is 2.30. The van der Waals surface area contributed by atoms with Crippen molar-refractivity contribution in [2.45, 2.75) is 49.7 Å². The summed E-state index contributed by atoms with van der Waals surface area (Å²) < 4.78 is 65.4. The van der Waals surface area contributed by atoms with E-state index >= 15 is 0 Å². The summed E-state index contributed by atoms with van der Waals surface area (Å²) in [5, 5.41) is 3.51. The van der Waals surface area contributed by atoms with Crippen LogP contribution in [0.1, 0.15) is 36.5 Å². The van der Waals surface area contributed by atoms with E-state index in [0.29, 0.717) is 11.7 Å². The van der Waals surface area contributed by atoms with Crippen LogP contribution in [0.15, 0.2) is 47.4 Å². The number of hydrogen-bond donors (Lipinski definition) is 2. The number of hydrogen-bond acceptors (Lipinski definition) is 3. The Morgan fingerprint density at radius 3 is 2.43 bits per heavy atom. The number of alkyl halides is 3. The summed E-state index contributed by atoms with van der Waals surface area (Å²) in [4.78, 5) is -0.206. The normalized spacial score (nSPS) is 17.2. The van der Waals surface area contributed by atoms with E-state index < -0.39 is 21.8 Å². The number of sulfonamides is 1. The van der Waals surface area contributed by atoms with Crippen LogP contribution in [0.4, 0.5) is 18.9 Å². The average molecular weight is 412 g/mol. The van der Waals surface area contributed by atoms with Crippen molar-refractivity contribution in [2.24, 2.45) is 0 Å². The molecule has 0 aliphatic heterocycles. The van der Waals surface area contributed by atoms with Crippen LogP contribution in [0.25, 0.3) is 0 Å². The van der Waals surface area contributed by atoms with Crippen molar-refractivity contribution in [3.63, 3.8) is 0 Å². The molecule has 0 heterocycles. The van der Waals surface area contributed by atoms with Crippen molar-refractivity contribution >= 4 is 15.7 Å². The topological polar surface area (TPSA) is 58.2 Å². The maximum atomic E-state index is 12.6. The van der Waals surface area contributed by atoms with Crippen molar-refractivity contribution in [3.05, 3.63) is 59.2 Å². The molecule has 2 aromatic carbocycles. The van der Waals surface area contributed by atoms with E-state index in [9.17, 15) is 21.6 Å². The first-order valence-electron chi connectivity index (χ1n) is 9.24. The number of rotatable bonds is 6. The van der Waals surface area contributed by atoms with Crippen LogP contribution in [0, 0.1) is 0 Å². The zero-order chi connectivity index (χ0) is 20.4. The van der Waals surface area contributed by atoms with Gasteiger partial charge in [-0.15, -0.1) is 0 Å². The molecule has 4 nitrogen and oxygen atoms in total. The van der Waals surface area contributed by atoms with Gasteiger partial charge in [-0.05, 0) is 79.8 Å². The average Bonchev–Trinajstić information content (AvgIpc) is 2.65. The van der Waals surface area contributed by atoms with E-state index in [-0.39, 0.29) is 4.90 Å². The van der Waals surface area contributed by atoms with Crippen LogP contribution in [0.5, 0.6) is 0 Å². The Labute approximate surface area is 163 Å². The third-order valence-electron chi connectivity index (χ3n) is 4.86. The molecule has 0 aromatic heterocycles. The molecule has 0 amide bonds. The summed E-state index contributed by atoms with van der Waals surface area (Å²) in [5.41, 5.74) is 1.82. The molecule has 8 heteroatoms. The summed E-state index contributed by atoms with van der Waals surface area (Å²) in [5.74, 6) is 0. The first kappa shape index (κ1) is 20.7. The minimum absolute atomic E-state index is 0.206. The Kier molecular flexibility index (Phi) is 6.00. The fourth-order valence-electron chi connectivity index (χ4n) is 3.38. The van der Waals surface area contributed by atoms with Gasteiger partial charge in [0, 0.05) is 11.7 Å². The quantitative estimate of drug-likeness (QED) is 0.741. The SMILES string of the molecule is CCCN[C@H]1CCc2cc(NS(=O)(=O)c3ccc(C(F)(F)F)cc3)ccc2C1. The Bertz CT molecular complexity index is 925. The molecule has 2 aromatic rings. The van der Waals surface area contributed by atoms with Crippen LogP contribution < -0.4 is 10.0 Å². The number of aryl methyl sites for hydroxylation is 1. The zero-order valence-corrected chi connectivity index (χ0v) is 16.3. The lowest BCUT2D eigenvalue weighted by Gasteiger charge is -2.26. The van der Waals surface area contributed by atoms with Gasteiger partial charge in [-0.1, -0.05) is 13.0 Å². The number of fused-ring (bicyclic) bond motifs is 1. The maximum absolute atomic E-state index is 12.6. The second-order valence-electron chi connectivity index (χ2n) is 7.00. The summed E-state index contributed by atoms with van der Waals surface area (Å²) in [6.07, 6.45) is -0.679. The lowest BCUT2D eigenvalue weighted by atomic mass is 9.88. The maximum Gasteiger partial charge on any atom is 0.416 e.